The number of nitrogens with two attached hydrogens (primary N) is 1. The van der Waals surface area contributed by atoms with E-state index in [0.717, 1.165) is 8.04 Å². The Labute approximate surface area is 121 Å². The molecule has 0 aliphatic heterocycles. The van der Waals surface area contributed by atoms with E-state index in [1.165, 1.54) is 0 Å². The van der Waals surface area contributed by atoms with Gasteiger partial charge < -0.3 is 16.4 Å². The Kier molecular flexibility index (Phi) is 5.86. The molecule has 0 saturated carbocycles. The van der Waals surface area contributed by atoms with Crippen molar-refractivity contribution in [3.8, 4) is 0 Å². The predicted molar refractivity (Wildman–Crippen MR) is 77.6 cm³/mol. The maximum absolute atomic E-state index is 11.5. The first kappa shape index (κ1) is 14.4. The standard InChI is InChI=1S/C10H11BrIN3O2/c11-7-2-1-6(12)3-8(7)15-10(17)5-14-9(16)4-13/h1-3H,4-5,13H2,(H,14,16)(H,15,17). The fraction of sp³-hybridized carbons (Fsp3) is 0.200. The highest BCUT2D eigenvalue weighted by atomic mass is 127. The van der Waals surface area contributed by atoms with Gasteiger partial charge in [0.1, 0.15) is 0 Å². The summed E-state index contributed by atoms with van der Waals surface area (Å²) in [6.07, 6.45) is 0. The molecular formula is C10H11BrIN3O2. The number of carbonyl (C=O) groups is 2. The van der Waals surface area contributed by atoms with Crippen LogP contribution in [-0.2, 0) is 9.59 Å². The molecule has 0 heterocycles. The van der Waals surface area contributed by atoms with Crippen LogP contribution in [0.15, 0.2) is 22.7 Å². The van der Waals surface area contributed by atoms with Gasteiger partial charge in [0.05, 0.1) is 18.8 Å². The molecule has 0 fully saturated rings. The van der Waals surface area contributed by atoms with Gasteiger partial charge in [-0.2, -0.15) is 0 Å². The van der Waals surface area contributed by atoms with Gasteiger partial charge in [-0.05, 0) is 56.7 Å². The number of amides is 2. The third kappa shape index (κ3) is 5.00. The lowest BCUT2D eigenvalue weighted by Crippen LogP contribution is -2.36. The predicted octanol–water partition coefficient (Wildman–Crippen LogP) is 1.07. The average molecular weight is 412 g/mol. The number of halogens is 2. The van der Waals surface area contributed by atoms with E-state index < -0.39 is 0 Å². The number of nitrogens with one attached hydrogen (secondary N) is 2. The average Bonchev–Trinajstić information content (AvgIpc) is 2.30. The van der Waals surface area contributed by atoms with Crippen LogP contribution >= 0.6 is 38.5 Å². The zero-order valence-corrected chi connectivity index (χ0v) is 12.5. The van der Waals surface area contributed by atoms with E-state index in [-0.39, 0.29) is 24.9 Å². The third-order valence-electron chi connectivity index (χ3n) is 1.83. The van der Waals surface area contributed by atoms with Crippen LogP contribution in [0.2, 0.25) is 0 Å². The van der Waals surface area contributed by atoms with Crippen molar-refractivity contribution in [1.82, 2.24) is 5.32 Å². The molecule has 0 aromatic heterocycles. The highest BCUT2D eigenvalue weighted by Gasteiger charge is 2.07. The minimum absolute atomic E-state index is 0.0893. The van der Waals surface area contributed by atoms with Crippen LogP contribution in [0.1, 0.15) is 0 Å². The van der Waals surface area contributed by atoms with Crippen molar-refractivity contribution >= 4 is 56.0 Å². The molecule has 7 heteroatoms. The maximum Gasteiger partial charge on any atom is 0.243 e. The topological polar surface area (TPSA) is 84.2 Å². The van der Waals surface area contributed by atoms with Crippen molar-refractivity contribution in [3.63, 3.8) is 0 Å². The molecule has 0 unspecified atom stereocenters. The summed E-state index contributed by atoms with van der Waals surface area (Å²) < 4.78 is 1.79. The van der Waals surface area contributed by atoms with Crippen molar-refractivity contribution in [2.75, 3.05) is 18.4 Å². The molecule has 0 atom stereocenters. The lowest BCUT2D eigenvalue weighted by atomic mass is 10.3. The van der Waals surface area contributed by atoms with Crippen molar-refractivity contribution < 1.29 is 9.59 Å². The second kappa shape index (κ2) is 6.92. The Hall–Kier alpha value is -0.670. The Morgan fingerprint density at radius 3 is 2.71 bits per heavy atom. The van der Waals surface area contributed by atoms with E-state index in [1.54, 1.807) is 0 Å². The zero-order chi connectivity index (χ0) is 12.8. The highest BCUT2D eigenvalue weighted by Crippen LogP contribution is 2.24. The van der Waals surface area contributed by atoms with Gasteiger partial charge in [-0.1, -0.05) is 0 Å². The Balaban J connectivity index is 2.56. The lowest BCUT2D eigenvalue weighted by Gasteiger charge is -2.08. The van der Waals surface area contributed by atoms with Crippen LogP contribution in [0.5, 0.6) is 0 Å². The third-order valence-corrected chi connectivity index (χ3v) is 3.20. The summed E-state index contributed by atoms with van der Waals surface area (Å²) in [5.41, 5.74) is 5.77. The molecule has 1 aromatic carbocycles. The van der Waals surface area contributed by atoms with Gasteiger partial charge in [0.2, 0.25) is 11.8 Å². The first-order valence-electron chi connectivity index (χ1n) is 4.74. The summed E-state index contributed by atoms with van der Waals surface area (Å²) in [4.78, 5) is 22.4. The molecule has 92 valence electrons. The second-order valence-electron chi connectivity index (χ2n) is 3.15. The molecule has 17 heavy (non-hydrogen) atoms. The molecule has 0 bridgehead atoms. The molecule has 1 rings (SSSR count). The van der Waals surface area contributed by atoms with Crippen molar-refractivity contribution in [3.05, 3.63) is 26.2 Å². The Morgan fingerprint density at radius 1 is 1.35 bits per heavy atom. The van der Waals surface area contributed by atoms with Gasteiger partial charge in [-0.25, -0.2) is 0 Å². The highest BCUT2D eigenvalue weighted by molar-refractivity contribution is 14.1. The Morgan fingerprint density at radius 2 is 2.06 bits per heavy atom. The second-order valence-corrected chi connectivity index (χ2v) is 5.25. The van der Waals surface area contributed by atoms with Gasteiger partial charge in [0.15, 0.2) is 0 Å². The van der Waals surface area contributed by atoms with Crippen LogP contribution in [0.4, 0.5) is 5.69 Å². The SMILES string of the molecule is NCC(=O)NCC(=O)Nc1cc(I)ccc1Br. The van der Waals surface area contributed by atoms with Gasteiger partial charge in [-0.15, -0.1) is 0 Å². The smallest absolute Gasteiger partial charge is 0.243 e. The molecule has 0 saturated heterocycles. The van der Waals surface area contributed by atoms with Crippen LogP contribution < -0.4 is 16.4 Å². The first-order valence-corrected chi connectivity index (χ1v) is 6.61. The molecule has 0 radical (unpaired) electrons. The normalized spacial score (nSPS) is 9.82. The van der Waals surface area contributed by atoms with Crippen LogP contribution in [-0.4, -0.2) is 24.9 Å². The fourth-order valence-electron chi connectivity index (χ4n) is 1.04. The van der Waals surface area contributed by atoms with E-state index in [1.807, 2.05) is 18.2 Å². The number of rotatable bonds is 4. The van der Waals surface area contributed by atoms with Crippen molar-refractivity contribution in [2.24, 2.45) is 5.73 Å². The number of anilines is 1. The minimum atomic E-state index is -0.359. The summed E-state index contributed by atoms with van der Waals surface area (Å²) in [6, 6.07) is 5.58. The summed E-state index contributed by atoms with van der Waals surface area (Å²) in [5, 5.41) is 5.08. The molecule has 0 aliphatic carbocycles. The summed E-state index contributed by atoms with van der Waals surface area (Å²) >= 11 is 5.48. The van der Waals surface area contributed by atoms with E-state index in [0.29, 0.717) is 5.69 Å². The van der Waals surface area contributed by atoms with Crippen LogP contribution in [0.25, 0.3) is 0 Å². The molecule has 4 N–H and O–H groups in total. The zero-order valence-electron chi connectivity index (χ0n) is 8.80. The van der Waals surface area contributed by atoms with Crippen LogP contribution in [0, 0.1) is 3.57 Å². The quantitative estimate of drug-likeness (QED) is 0.648. The summed E-state index contributed by atoms with van der Waals surface area (Å²) in [7, 11) is 0. The Bertz CT molecular complexity index is 440. The monoisotopic (exact) mass is 411 g/mol. The van der Waals surface area contributed by atoms with Gasteiger partial charge in [0.25, 0.3) is 0 Å². The van der Waals surface area contributed by atoms with E-state index in [2.05, 4.69) is 49.2 Å². The summed E-state index contributed by atoms with van der Waals surface area (Å²) in [6.45, 7) is -0.214. The van der Waals surface area contributed by atoms with Gasteiger partial charge in [0, 0.05) is 8.04 Å². The van der Waals surface area contributed by atoms with Crippen LogP contribution in [0.3, 0.4) is 0 Å². The molecule has 2 amide bonds. The molecule has 1 aromatic rings. The molecular weight excluding hydrogens is 401 g/mol. The number of carbonyl (C=O) groups excluding carboxylic acids is 2. The molecule has 0 spiro atoms. The fourth-order valence-corrected chi connectivity index (χ4v) is 1.88. The van der Waals surface area contributed by atoms with E-state index in [4.69, 9.17) is 5.73 Å². The van der Waals surface area contributed by atoms with E-state index in [9.17, 15) is 9.59 Å². The first-order chi connectivity index (χ1) is 8.02. The largest absolute Gasteiger partial charge is 0.346 e. The maximum atomic E-state index is 11.5. The summed E-state index contributed by atoms with van der Waals surface area (Å²) in [5.74, 6) is -0.656. The lowest BCUT2D eigenvalue weighted by molar-refractivity contribution is -0.123. The minimum Gasteiger partial charge on any atom is -0.346 e. The molecule has 0 aliphatic rings. The van der Waals surface area contributed by atoms with Gasteiger partial charge in [-0.3, -0.25) is 9.59 Å². The molecule has 5 nitrogen and oxygen atoms in total. The van der Waals surface area contributed by atoms with Crippen molar-refractivity contribution in [1.29, 1.82) is 0 Å². The number of hydrogen-bond donors (Lipinski definition) is 3. The number of benzene rings is 1. The van der Waals surface area contributed by atoms with Gasteiger partial charge >= 0.3 is 0 Å². The number of hydrogen-bond acceptors (Lipinski definition) is 3. The van der Waals surface area contributed by atoms with Crippen molar-refractivity contribution in [2.45, 2.75) is 0 Å². The van der Waals surface area contributed by atoms with E-state index >= 15 is 0 Å².